The molecular weight excluding hydrogens is 228 g/mol. The van der Waals surface area contributed by atoms with Gasteiger partial charge >= 0.3 is 5.97 Å². The summed E-state index contributed by atoms with van der Waals surface area (Å²) in [6.07, 6.45) is 1.94. The van der Waals surface area contributed by atoms with Crippen LogP contribution >= 0.6 is 0 Å². The Morgan fingerprint density at radius 3 is 2.83 bits per heavy atom. The van der Waals surface area contributed by atoms with Crippen LogP contribution in [0.3, 0.4) is 0 Å². The lowest BCUT2D eigenvalue weighted by molar-refractivity contribution is -0.148. The molecule has 1 aliphatic heterocycles. The molecule has 0 radical (unpaired) electrons. The van der Waals surface area contributed by atoms with Gasteiger partial charge in [0.1, 0.15) is 0 Å². The second kappa shape index (κ2) is 5.76. The SMILES string of the molecule is CCOC(=O)C1CCCN(c2ccc(N)cc2)C1. The highest BCUT2D eigenvalue weighted by Gasteiger charge is 2.26. The maximum atomic E-state index is 11.8. The fraction of sp³-hybridized carbons (Fsp3) is 0.500. The number of piperidine rings is 1. The number of carbonyl (C=O) groups excluding carboxylic acids is 1. The molecule has 4 nitrogen and oxygen atoms in total. The summed E-state index contributed by atoms with van der Waals surface area (Å²) in [7, 11) is 0. The first kappa shape index (κ1) is 12.7. The Morgan fingerprint density at radius 2 is 2.17 bits per heavy atom. The molecule has 1 heterocycles. The number of carbonyl (C=O) groups is 1. The van der Waals surface area contributed by atoms with Gasteiger partial charge in [0.2, 0.25) is 0 Å². The summed E-state index contributed by atoms with van der Waals surface area (Å²) < 4.78 is 5.10. The van der Waals surface area contributed by atoms with Crippen molar-refractivity contribution in [2.75, 3.05) is 30.3 Å². The molecule has 0 spiro atoms. The molecule has 1 aromatic carbocycles. The van der Waals surface area contributed by atoms with E-state index in [1.54, 1.807) is 0 Å². The number of nitrogen functional groups attached to an aromatic ring is 1. The minimum atomic E-state index is -0.0716. The van der Waals surface area contributed by atoms with Gasteiger partial charge in [0, 0.05) is 24.5 Å². The highest BCUT2D eigenvalue weighted by molar-refractivity contribution is 5.73. The summed E-state index contributed by atoms with van der Waals surface area (Å²) >= 11 is 0. The zero-order valence-corrected chi connectivity index (χ0v) is 10.8. The summed E-state index contributed by atoms with van der Waals surface area (Å²) in [5.41, 5.74) is 7.56. The number of nitrogens with zero attached hydrogens (tertiary/aromatic N) is 1. The van der Waals surface area contributed by atoms with Crippen LogP contribution in [-0.2, 0) is 9.53 Å². The van der Waals surface area contributed by atoms with Gasteiger partial charge in [-0.15, -0.1) is 0 Å². The smallest absolute Gasteiger partial charge is 0.310 e. The first-order chi connectivity index (χ1) is 8.70. The lowest BCUT2D eigenvalue weighted by Gasteiger charge is -2.33. The van der Waals surface area contributed by atoms with Gasteiger partial charge in [0.15, 0.2) is 0 Å². The number of ether oxygens (including phenoxy) is 1. The van der Waals surface area contributed by atoms with Gasteiger partial charge < -0.3 is 15.4 Å². The monoisotopic (exact) mass is 248 g/mol. The van der Waals surface area contributed by atoms with Crippen LogP contribution in [0.25, 0.3) is 0 Å². The van der Waals surface area contributed by atoms with E-state index in [-0.39, 0.29) is 11.9 Å². The van der Waals surface area contributed by atoms with Crippen molar-refractivity contribution in [2.24, 2.45) is 5.92 Å². The van der Waals surface area contributed by atoms with Crippen molar-refractivity contribution in [3.8, 4) is 0 Å². The highest BCUT2D eigenvalue weighted by Crippen LogP contribution is 2.24. The number of esters is 1. The maximum Gasteiger partial charge on any atom is 0.310 e. The van der Waals surface area contributed by atoms with Crippen molar-refractivity contribution in [2.45, 2.75) is 19.8 Å². The van der Waals surface area contributed by atoms with Gasteiger partial charge in [-0.1, -0.05) is 0 Å². The molecule has 1 aromatic rings. The number of rotatable bonds is 3. The molecule has 0 aliphatic carbocycles. The quantitative estimate of drug-likeness (QED) is 0.657. The second-order valence-electron chi connectivity index (χ2n) is 4.63. The third-order valence-electron chi connectivity index (χ3n) is 3.30. The fourth-order valence-electron chi connectivity index (χ4n) is 2.35. The van der Waals surface area contributed by atoms with Crippen LogP contribution in [0.1, 0.15) is 19.8 Å². The normalized spacial score (nSPS) is 19.6. The molecule has 2 N–H and O–H groups in total. The van der Waals surface area contributed by atoms with Gasteiger partial charge in [0.05, 0.1) is 12.5 Å². The lowest BCUT2D eigenvalue weighted by atomic mass is 9.97. The van der Waals surface area contributed by atoms with Gasteiger partial charge in [0.25, 0.3) is 0 Å². The minimum absolute atomic E-state index is 0.00347. The van der Waals surface area contributed by atoms with E-state index in [9.17, 15) is 4.79 Å². The number of hydrogen-bond donors (Lipinski definition) is 1. The van der Waals surface area contributed by atoms with Gasteiger partial charge in [-0.05, 0) is 44.0 Å². The van der Waals surface area contributed by atoms with Crippen molar-refractivity contribution in [1.29, 1.82) is 0 Å². The Labute approximate surface area is 108 Å². The van der Waals surface area contributed by atoms with Crippen LogP contribution in [0.4, 0.5) is 11.4 Å². The van der Waals surface area contributed by atoms with Crippen molar-refractivity contribution in [3.05, 3.63) is 24.3 Å². The Kier molecular flexibility index (Phi) is 4.07. The maximum absolute atomic E-state index is 11.8. The predicted molar refractivity (Wildman–Crippen MR) is 72.4 cm³/mol. The summed E-state index contributed by atoms with van der Waals surface area (Å²) in [5.74, 6) is -0.0751. The predicted octanol–water partition coefficient (Wildman–Crippen LogP) is 2.05. The van der Waals surface area contributed by atoms with Crippen LogP contribution in [-0.4, -0.2) is 25.7 Å². The van der Waals surface area contributed by atoms with Crippen LogP contribution in [0, 0.1) is 5.92 Å². The van der Waals surface area contributed by atoms with E-state index < -0.39 is 0 Å². The first-order valence-electron chi connectivity index (χ1n) is 6.48. The van der Waals surface area contributed by atoms with E-state index >= 15 is 0 Å². The zero-order chi connectivity index (χ0) is 13.0. The average molecular weight is 248 g/mol. The minimum Gasteiger partial charge on any atom is -0.466 e. The topological polar surface area (TPSA) is 55.6 Å². The summed E-state index contributed by atoms with van der Waals surface area (Å²) in [6.45, 7) is 4.03. The summed E-state index contributed by atoms with van der Waals surface area (Å²) in [6, 6.07) is 7.79. The van der Waals surface area contributed by atoms with E-state index in [1.165, 1.54) is 0 Å². The molecule has 2 rings (SSSR count). The Balaban J connectivity index is 2.02. The summed E-state index contributed by atoms with van der Waals surface area (Å²) in [5, 5.41) is 0. The van der Waals surface area contributed by atoms with Crippen LogP contribution in [0.2, 0.25) is 0 Å². The molecule has 0 aromatic heterocycles. The van der Waals surface area contributed by atoms with Gasteiger partial charge in [-0.2, -0.15) is 0 Å². The molecule has 0 bridgehead atoms. The lowest BCUT2D eigenvalue weighted by Crippen LogP contribution is -2.39. The molecule has 1 fully saturated rings. The second-order valence-corrected chi connectivity index (χ2v) is 4.63. The number of anilines is 2. The van der Waals surface area contributed by atoms with E-state index in [0.29, 0.717) is 6.61 Å². The molecule has 1 saturated heterocycles. The average Bonchev–Trinajstić information content (AvgIpc) is 2.40. The van der Waals surface area contributed by atoms with Crippen LogP contribution in [0.15, 0.2) is 24.3 Å². The van der Waals surface area contributed by atoms with E-state index in [0.717, 1.165) is 37.3 Å². The molecule has 4 heteroatoms. The molecule has 1 atom stereocenters. The van der Waals surface area contributed by atoms with Crippen molar-refractivity contribution < 1.29 is 9.53 Å². The zero-order valence-electron chi connectivity index (χ0n) is 10.8. The van der Waals surface area contributed by atoms with E-state index in [4.69, 9.17) is 10.5 Å². The van der Waals surface area contributed by atoms with Crippen molar-refractivity contribution in [3.63, 3.8) is 0 Å². The molecule has 1 aliphatic rings. The Hall–Kier alpha value is -1.71. The molecule has 18 heavy (non-hydrogen) atoms. The van der Waals surface area contributed by atoms with Crippen molar-refractivity contribution in [1.82, 2.24) is 0 Å². The van der Waals surface area contributed by atoms with Crippen LogP contribution < -0.4 is 10.6 Å². The van der Waals surface area contributed by atoms with Gasteiger partial charge in [-0.25, -0.2) is 0 Å². The fourth-order valence-corrected chi connectivity index (χ4v) is 2.35. The third kappa shape index (κ3) is 2.94. The number of hydrogen-bond acceptors (Lipinski definition) is 4. The standard InChI is InChI=1S/C14H20N2O2/c1-2-18-14(17)11-4-3-9-16(10-11)13-7-5-12(15)6-8-13/h5-8,11H,2-4,9-10,15H2,1H3. The van der Waals surface area contributed by atoms with Crippen LogP contribution in [0.5, 0.6) is 0 Å². The molecule has 98 valence electrons. The highest BCUT2D eigenvalue weighted by atomic mass is 16.5. The molecular formula is C14H20N2O2. The van der Waals surface area contributed by atoms with Crippen molar-refractivity contribution >= 4 is 17.3 Å². The largest absolute Gasteiger partial charge is 0.466 e. The van der Waals surface area contributed by atoms with E-state index in [2.05, 4.69) is 4.90 Å². The number of nitrogens with two attached hydrogens (primary N) is 1. The Morgan fingerprint density at radius 1 is 1.44 bits per heavy atom. The van der Waals surface area contributed by atoms with E-state index in [1.807, 2.05) is 31.2 Å². The number of benzene rings is 1. The third-order valence-corrected chi connectivity index (χ3v) is 3.30. The first-order valence-corrected chi connectivity index (χ1v) is 6.48. The summed E-state index contributed by atoms with van der Waals surface area (Å²) in [4.78, 5) is 14.0. The Bertz CT molecular complexity index is 403. The van der Waals surface area contributed by atoms with Gasteiger partial charge in [-0.3, -0.25) is 4.79 Å². The molecule has 0 amide bonds. The molecule has 1 unspecified atom stereocenters. The molecule has 0 saturated carbocycles.